The van der Waals surface area contributed by atoms with Gasteiger partial charge < -0.3 is 20.0 Å². The van der Waals surface area contributed by atoms with Crippen LogP contribution in [0.3, 0.4) is 0 Å². The van der Waals surface area contributed by atoms with Crippen LogP contribution in [-0.4, -0.2) is 81.6 Å². The number of anilines is 1. The van der Waals surface area contributed by atoms with E-state index >= 15 is 0 Å². The Labute approximate surface area is 222 Å². The van der Waals surface area contributed by atoms with Gasteiger partial charge in [-0.3, -0.25) is 19.1 Å². The molecule has 5 rings (SSSR count). The Kier molecular flexibility index (Phi) is 7.40. The van der Waals surface area contributed by atoms with Gasteiger partial charge in [0.2, 0.25) is 5.91 Å². The number of nitrogens with zero attached hydrogens (tertiary/aromatic N) is 5. The van der Waals surface area contributed by atoms with Crippen LogP contribution >= 0.6 is 0 Å². The molecule has 2 fully saturated rings. The van der Waals surface area contributed by atoms with E-state index in [9.17, 15) is 18.8 Å². The van der Waals surface area contributed by atoms with Gasteiger partial charge in [0.1, 0.15) is 17.1 Å². The van der Waals surface area contributed by atoms with E-state index in [0.717, 1.165) is 44.2 Å². The second kappa shape index (κ2) is 10.7. The summed E-state index contributed by atoms with van der Waals surface area (Å²) in [5.74, 6) is -0.918. The number of aromatic nitrogens is 2. The highest BCUT2D eigenvalue weighted by molar-refractivity contribution is 6.02. The first-order chi connectivity index (χ1) is 18.3. The lowest BCUT2D eigenvalue weighted by molar-refractivity contribution is -0.133. The summed E-state index contributed by atoms with van der Waals surface area (Å²) in [5.41, 5.74) is 0.415. The van der Waals surface area contributed by atoms with Crippen LogP contribution in [0, 0.1) is 5.82 Å². The molecule has 1 aliphatic carbocycles. The van der Waals surface area contributed by atoms with Crippen LogP contribution in [0.5, 0.6) is 0 Å². The zero-order valence-electron chi connectivity index (χ0n) is 22.3. The van der Waals surface area contributed by atoms with Crippen molar-refractivity contribution in [2.75, 3.05) is 37.6 Å². The molecule has 0 bridgehead atoms. The molecule has 9 nitrogen and oxygen atoms in total. The van der Waals surface area contributed by atoms with E-state index < -0.39 is 5.54 Å². The normalized spacial score (nSPS) is 22.1. The number of benzene rings is 1. The molecule has 1 aromatic carbocycles. The molecule has 3 aliphatic rings. The smallest absolute Gasteiger partial charge is 0.274 e. The number of rotatable bonds is 7. The van der Waals surface area contributed by atoms with Crippen LogP contribution in [-0.2, 0) is 11.3 Å². The van der Waals surface area contributed by atoms with Crippen molar-refractivity contribution in [3.63, 3.8) is 0 Å². The van der Waals surface area contributed by atoms with E-state index in [4.69, 9.17) is 0 Å². The molecule has 1 saturated carbocycles. The average Bonchev–Trinajstić information content (AvgIpc) is 3.59. The van der Waals surface area contributed by atoms with E-state index in [0.29, 0.717) is 38.4 Å². The van der Waals surface area contributed by atoms with Crippen LogP contribution in [0.1, 0.15) is 73.3 Å². The van der Waals surface area contributed by atoms with Crippen LogP contribution < -0.4 is 10.2 Å². The monoisotopic (exact) mass is 524 g/mol. The molecule has 2 aliphatic heterocycles. The maximum atomic E-state index is 13.6. The fourth-order valence-corrected chi connectivity index (χ4v) is 5.80. The van der Waals surface area contributed by atoms with Gasteiger partial charge in [-0.2, -0.15) is 5.10 Å². The maximum absolute atomic E-state index is 13.6. The molecule has 0 spiro atoms. The summed E-state index contributed by atoms with van der Waals surface area (Å²) in [6, 6.07) is 8.07. The number of nitrogens with one attached hydrogen (secondary N) is 1. The molecule has 0 unspecified atom stereocenters. The Hall–Kier alpha value is -3.43. The molecule has 0 radical (unpaired) electrons. The number of unbranched alkanes of at least 4 members (excludes halogenated alkanes) is 1. The van der Waals surface area contributed by atoms with Crippen LogP contribution in [0.2, 0.25) is 0 Å². The maximum Gasteiger partial charge on any atom is 0.274 e. The van der Waals surface area contributed by atoms with Gasteiger partial charge in [0, 0.05) is 50.5 Å². The number of amides is 3. The van der Waals surface area contributed by atoms with Crippen molar-refractivity contribution in [2.45, 2.75) is 70.5 Å². The van der Waals surface area contributed by atoms with Crippen LogP contribution in [0.4, 0.5) is 10.1 Å². The number of carbonyl (C=O) groups excluding carboxylic acids is 3. The van der Waals surface area contributed by atoms with Crippen molar-refractivity contribution >= 4 is 23.4 Å². The molecule has 38 heavy (non-hydrogen) atoms. The summed E-state index contributed by atoms with van der Waals surface area (Å²) in [6.45, 7) is 6.79. The third kappa shape index (κ3) is 5.00. The first-order valence-electron chi connectivity index (χ1n) is 13.8. The molecule has 1 saturated heterocycles. The predicted octanol–water partition coefficient (Wildman–Crippen LogP) is 3.06. The molecule has 1 N–H and O–H groups in total. The van der Waals surface area contributed by atoms with Gasteiger partial charge in [0.05, 0.1) is 6.54 Å². The Balaban J connectivity index is 1.32. The summed E-state index contributed by atoms with van der Waals surface area (Å²) in [4.78, 5) is 46.0. The molecular formula is C28H37FN6O3. The molecule has 10 heteroatoms. The number of piperazine rings is 1. The van der Waals surface area contributed by atoms with Gasteiger partial charge in [0.25, 0.3) is 11.8 Å². The molecular weight excluding hydrogens is 487 g/mol. The number of halogens is 1. The highest BCUT2D eigenvalue weighted by Gasteiger charge is 2.48. The van der Waals surface area contributed by atoms with Gasteiger partial charge in [0.15, 0.2) is 5.69 Å². The minimum absolute atomic E-state index is 0.146. The zero-order chi connectivity index (χ0) is 26.9. The largest absolute Gasteiger partial charge is 0.368 e. The van der Waals surface area contributed by atoms with Gasteiger partial charge >= 0.3 is 0 Å². The van der Waals surface area contributed by atoms with E-state index in [-0.39, 0.29) is 41.8 Å². The van der Waals surface area contributed by atoms with Crippen molar-refractivity contribution in [1.29, 1.82) is 0 Å². The Bertz CT molecular complexity index is 1180. The van der Waals surface area contributed by atoms with Crippen molar-refractivity contribution in [3.05, 3.63) is 47.5 Å². The van der Waals surface area contributed by atoms with Gasteiger partial charge in [-0.25, -0.2) is 4.39 Å². The summed E-state index contributed by atoms with van der Waals surface area (Å²) in [5, 5.41) is 7.70. The second-order valence-corrected chi connectivity index (χ2v) is 10.9. The number of hydrogen-bond donors (Lipinski definition) is 1. The van der Waals surface area contributed by atoms with Crippen LogP contribution in [0.15, 0.2) is 30.3 Å². The standard InChI is InChI=1S/C28H37FN6O3/c1-3-4-13-34-26(37)24-18-23(31-35(24)19-28(34,2)27(38)30-21-7-5-6-8-21)25(36)33-16-14-32(15-17-33)22-11-9-20(29)10-12-22/h9-12,18,21H,3-8,13-17,19H2,1-2H3,(H,30,38)/t28-/m0/s1. The molecule has 1 atom stereocenters. The first-order valence-corrected chi connectivity index (χ1v) is 13.8. The molecule has 2 aromatic rings. The SMILES string of the molecule is CCCCN1C(=O)c2cc(C(=O)N3CCN(c4ccc(F)cc4)CC3)nn2C[C@@]1(C)C(=O)NC1CCCC1. The lowest BCUT2D eigenvalue weighted by Gasteiger charge is -2.43. The van der Waals surface area contributed by atoms with Gasteiger partial charge in [-0.05, 0) is 50.5 Å². The van der Waals surface area contributed by atoms with Gasteiger partial charge in [-0.1, -0.05) is 26.2 Å². The fourth-order valence-electron chi connectivity index (χ4n) is 5.80. The highest BCUT2D eigenvalue weighted by atomic mass is 19.1. The van der Waals surface area contributed by atoms with Crippen molar-refractivity contribution in [1.82, 2.24) is 24.9 Å². The quantitative estimate of drug-likeness (QED) is 0.601. The fraction of sp³-hybridized carbons (Fsp3) is 0.571. The van der Waals surface area contributed by atoms with Crippen LogP contribution in [0.25, 0.3) is 0 Å². The van der Waals surface area contributed by atoms with Crippen molar-refractivity contribution < 1.29 is 18.8 Å². The van der Waals surface area contributed by atoms with Crippen molar-refractivity contribution in [2.24, 2.45) is 0 Å². The summed E-state index contributed by atoms with van der Waals surface area (Å²) < 4.78 is 14.8. The Morgan fingerprint density at radius 2 is 1.79 bits per heavy atom. The van der Waals surface area contributed by atoms with Gasteiger partial charge in [-0.15, -0.1) is 0 Å². The van der Waals surface area contributed by atoms with E-state index in [1.54, 1.807) is 32.7 Å². The summed E-state index contributed by atoms with van der Waals surface area (Å²) in [7, 11) is 0. The molecule has 3 heterocycles. The number of fused-ring (bicyclic) bond motifs is 1. The molecule has 1 aromatic heterocycles. The number of hydrogen-bond acceptors (Lipinski definition) is 5. The minimum atomic E-state index is -1.07. The highest BCUT2D eigenvalue weighted by Crippen LogP contribution is 2.30. The molecule has 204 valence electrons. The zero-order valence-corrected chi connectivity index (χ0v) is 22.3. The third-order valence-electron chi connectivity index (χ3n) is 8.19. The number of carbonyl (C=O) groups is 3. The lowest BCUT2D eigenvalue weighted by Crippen LogP contribution is -2.65. The first kappa shape index (κ1) is 26.2. The average molecular weight is 525 g/mol. The van der Waals surface area contributed by atoms with E-state index in [1.807, 2.05) is 6.92 Å². The van der Waals surface area contributed by atoms with E-state index in [2.05, 4.69) is 22.2 Å². The Morgan fingerprint density at radius 3 is 2.45 bits per heavy atom. The predicted molar refractivity (Wildman–Crippen MR) is 141 cm³/mol. The molecule has 3 amide bonds. The van der Waals surface area contributed by atoms with E-state index in [1.165, 1.54) is 12.1 Å². The topological polar surface area (TPSA) is 90.8 Å². The second-order valence-electron chi connectivity index (χ2n) is 10.9. The summed E-state index contributed by atoms with van der Waals surface area (Å²) in [6.07, 6.45) is 5.82. The minimum Gasteiger partial charge on any atom is -0.368 e. The lowest BCUT2D eigenvalue weighted by atomic mass is 9.94. The summed E-state index contributed by atoms with van der Waals surface area (Å²) >= 11 is 0. The van der Waals surface area contributed by atoms with Crippen molar-refractivity contribution in [3.8, 4) is 0 Å². The third-order valence-corrected chi connectivity index (χ3v) is 8.19. The Morgan fingerprint density at radius 1 is 1.11 bits per heavy atom.